The summed E-state index contributed by atoms with van der Waals surface area (Å²) in [5.41, 5.74) is 3.59. The average Bonchev–Trinajstić information content (AvgIpc) is 2.56. The molecule has 0 saturated carbocycles. The lowest BCUT2D eigenvalue weighted by molar-refractivity contribution is 0.722. The van der Waals surface area contributed by atoms with Crippen molar-refractivity contribution in [3.8, 4) is 0 Å². The van der Waals surface area contributed by atoms with Crippen LogP contribution in [-0.4, -0.2) is 16.6 Å². The van der Waals surface area contributed by atoms with E-state index in [1.54, 1.807) is 0 Å². The van der Waals surface area contributed by atoms with Crippen molar-refractivity contribution >= 4 is 11.0 Å². The van der Waals surface area contributed by atoms with Gasteiger partial charge in [-0.1, -0.05) is 19.9 Å². The van der Waals surface area contributed by atoms with Crippen LogP contribution in [0.25, 0.3) is 11.0 Å². The maximum Gasteiger partial charge on any atom is 0.112 e. The molecule has 86 valence electrons. The molecule has 0 spiro atoms. The van der Waals surface area contributed by atoms with Crippen LogP contribution in [0.3, 0.4) is 0 Å². The molecule has 1 aromatic heterocycles. The Bertz CT molecular complexity index is 497. The van der Waals surface area contributed by atoms with Crippen LogP contribution in [0.5, 0.6) is 0 Å². The van der Waals surface area contributed by atoms with Gasteiger partial charge >= 0.3 is 0 Å². The molecule has 1 heterocycles. The minimum absolute atomic E-state index is 0.463. The second-order valence-electron chi connectivity index (χ2n) is 4.54. The topological polar surface area (TPSA) is 29.9 Å². The minimum Gasteiger partial charge on any atom is -0.331 e. The van der Waals surface area contributed by atoms with Crippen LogP contribution in [0, 0.1) is 0 Å². The van der Waals surface area contributed by atoms with Crippen molar-refractivity contribution in [2.75, 3.05) is 7.05 Å². The van der Waals surface area contributed by atoms with Gasteiger partial charge in [-0.3, -0.25) is 0 Å². The first-order chi connectivity index (χ1) is 7.63. The van der Waals surface area contributed by atoms with Crippen LogP contribution in [0.1, 0.15) is 31.2 Å². The van der Waals surface area contributed by atoms with Crippen LogP contribution in [0.4, 0.5) is 0 Å². The summed E-state index contributed by atoms with van der Waals surface area (Å²) in [6.07, 6.45) is 0. The summed E-state index contributed by atoms with van der Waals surface area (Å²) in [7, 11) is 4.05. The van der Waals surface area contributed by atoms with Crippen molar-refractivity contribution in [1.82, 2.24) is 14.9 Å². The number of nitrogens with zero attached hydrogens (tertiary/aromatic N) is 2. The molecule has 3 nitrogen and oxygen atoms in total. The molecule has 0 unspecified atom stereocenters. The minimum atomic E-state index is 0.463. The Hall–Kier alpha value is -1.35. The smallest absolute Gasteiger partial charge is 0.112 e. The van der Waals surface area contributed by atoms with Gasteiger partial charge in [0.1, 0.15) is 5.82 Å². The van der Waals surface area contributed by atoms with E-state index in [0.29, 0.717) is 5.92 Å². The molecular formula is C13H19N3. The third-order valence-corrected chi connectivity index (χ3v) is 2.88. The molecule has 1 aromatic carbocycles. The van der Waals surface area contributed by atoms with Crippen LogP contribution in [0.15, 0.2) is 18.2 Å². The number of nitrogens with one attached hydrogen (secondary N) is 1. The van der Waals surface area contributed by atoms with E-state index >= 15 is 0 Å². The van der Waals surface area contributed by atoms with Crippen molar-refractivity contribution in [1.29, 1.82) is 0 Å². The molecule has 0 aliphatic carbocycles. The third kappa shape index (κ3) is 1.83. The predicted octanol–water partition coefficient (Wildman–Crippen LogP) is 2.42. The highest BCUT2D eigenvalue weighted by molar-refractivity contribution is 5.77. The lowest BCUT2D eigenvalue weighted by atomic mass is 10.2. The summed E-state index contributed by atoms with van der Waals surface area (Å²) in [5.74, 6) is 1.61. The van der Waals surface area contributed by atoms with Gasteiger partial charge < -0.3 is 9.88 Å². The Balaban J connectivity index is 2.54. The number of benzene rings is 1. The van der Waals surface area contributed by atoms with Crippen LogP contribution >= 0.6 is 0 Å². The first kappa shape index (κ1) is 11.1. The van der Waals surface area contributed by atoms with Gasteiger partial charge in [0.15, 0.2) is 0 Å². The summed E-state index contributed by atoms with van der Waals surface area (Å²) in [5, 5.41) is 3.16. The van der Waals surface area contributed by atoms with E-state index in [1.807, 2.05) is 7.05 Å². The fourth-order valence-corrected chi connectivity index (χ4v) is 2.09. The van der Waals surface area contributed by atoms with E-state index in [0.717, 1.165) is 17.9 Å². The third-order valence-electron chi connectivity index (χ3n) is 2.88. The van der Waals surface area contributed by atoms with E-state index in [9.17, 15) is 0 Å². The zero-order chi connectivity index (χ0) is 11.7. The first-order valence-corrected chi connectivity index (χ1v) is 5.73. The number of hydrogen-bond acceptors (Lipinski definition) is 2. The molecule has 0 aliphatic rings. The van der Waals surface area contributed by atoms with Crippen molar-refractivity contribution in [3.05, 3.63) is 29.6 Å². The molecule has 0 amide bonds. The monoisotopic (exact) mass is 217 g/mol. The Morgan fingerprint density at radius 1 is 1.38 bits per heavy atom. The molecule has 3 heteroatoms. The van der Waals surface area contributed by atoms with Crippen LogP contribution in [0.2, 0.25) is 0 Å². The van der Waals surface area contributed by atoms with E-state index in [-0.39, 0.29) is 0 Å². The second-order valence-corrected chi connectivity index (χ2v) is 4.54. The van der Waals surface area contributed by atoms with Gasteiger partial charge in [0, 0.05) is 19.5 Å². The summed E-state index contributed by atoms with van der Waals surface area (Å²) in [6.45, 7) is 5.25. The summed E-state index contributed by atoms with van der Waals surface area (Å²) >= 11 is 0. The number of rotatable bonds is 3. The number of imidazole rings is 1. The number of fused-ring (bicyclic) bond motifs is 1. The van der Waals surface area contributed by atoms with E-state index < -0.39 is 0 Å². The second kappa shape index (κ2) is 4.26. The molecule has 0 radical (unpaired) electrons. The Labute approximate surface area is 96.5 Å². The van der Waals surface area contributed by atoms with Gasteiger partial charge in [-0.05, 0) is 24.7 Å². The predicted molar refractivity (Wildman–Crippen MR) is 67.6 cm³/mol. The first-order valence-electron chi connectivity index (χ1n) is 5.73. The molecule has 2 rings (SSSR count). The van der Waals surface area contributed by atoms with Crippen LogP contribution < -0.4 is 5.32 Å². The molecule has 0 aliphatic heterocycles. The van der Waals surface area contributed by atoms with Crippen molar-refractivity contribution in [3.63, 3.8) is 0 Å². The van der Waals surface area contributed by atoms with Crippen molar-refractivity contribution < 1.29 is 0 Å². The summed E-state index contributed by atoms with van der Waals surface area (Å²) < 4.78 is 2.18. The van der Waals surface area contributed by atoms with Gasteiger partial charge in [0.25, 0.3) is 0 Å². The quantitative estimate of drug-likeness (QED) is 0.855. The Morgan fingerprint density at radius 2 is 2.12 bits per heavy atom. The lowest BCUT2D eigenvalue weighted by Gasteiger charge is -2.04. The van der Waals surface area contributed by atoms with Crippen molar-refractivity contribution in [2.24, 2.45) is 7.05 Å². The SMILES string of the molecule is CNCc1ccc2c(c1)nc(C(C)C)n2C. The molecule has 0 atom stereocenters. The summed E-state index contributed by atoms with van der Waals surface area (Å²) in [4.78, 5) is 4.69. The fraction of sp³-hybridized carbons (Fsp3) is 0.462. The van der Waals surface area contributed by atoms with Gasteiger partial charge in [0.05, 0.1) is 11.0 Å². The maximum atomic E-state index is 4.69. The van der Waals surface area contributed by atoms with Crippen molar-refractivity contribution in [2.45, 2.75) is 26.3 Å². The zero-order valence-electron chi connectivity index (χ0n) is 10.4. The molecule has 0 bridgehead atoms. The molecule has 0 saturated heterocycles. The zero-order valence-corrected chi connectivity index (χ0v) is 10.4. The van der Waals surface area contributed by atoms with Gasteiger partial charge in [-0.15, -0.1) is 0 Å². The summed E-state index contributed by atoms with van der Waals surface area (Å²) in [6, 6.07) is 6.48. The fourth-order valence-electron chi connectivity index (χ4n) is 2.09. The number of aryl methyl sites for hydroxylation is 1. The molecular weight excluding hydrogens is 198 g/mol. The largest absolute Gasteiger partial charge is 0.331 e. The van der Waals surface area contributed by atoms with E-state index in [4.69, 9.17) is 0 Å². The molecule has 2 aromatic rings. The van der Waals surface area contributed by atoms with E-state index in [1.165, 1.54) is 11.1 Å². The Morgan fingerprint density at radius 3 is 2.75 bits per heavy atom. The van der Waals surface area contributed by atoms with Crippen LogP contribution in [-0.2, 0) is 13.6 Å². The molecule has 16 heavy (non-hydrogen) atoms. The Kier molecular flexibility index (Phi) is 2.97. The van der Waals surface area contributed by atoms with E-state index in [2.05, 4.69) is 54.0 Å². The van der Waals surface area contributed by atoms with Gasteiger partial charge in [-0.2, -0.15) is 0 Å². The lowest BCUT2D eigenvalue weighted by Crippen LogP contribution is -2.04. The number of hydrogen-bond donors (Lipinski definition) is 1. The van der Waals surface area contributed by atoms with Gasteiger partial charge in [0.2, 0.25) is 0 Å². The average molecular weight is 217 g/mol. The standard InChI is InChI=1S/C13H19N3/c1-9(2)13-15-11-7-10(8-14-3)5-6-12(11)16(13)4/h5-7,9,14H,8H2,1-4H3. The van der Waals surface area contributed by atoms with Gasteiger partial charge in [-0.25, -0.2) is 4.98 Å². The highest BCUT2D eigenvalue weighted by Crippen LogP contribution is 2.21. The highest BCUT2D eigenvalue weighted by Gasteiger charge is 2.10. The normalized spacial score (nSPS) is 11.6. The maximum absolute atomic E-state index is 4.69. The number of aromatic nitrogens is 2. The highest BCUT2D eigenvalue weighted by atomic mass is 15.1. The molecule has 0 fully saturated rings. The molecule has 1 N–H and O–H groups in total.